The maximum Gasteiger partial charge on any atom is 0.143 e. The van der Waals surface area contributed by atoms with Crippen molar-refractivity contribution in [2.24, 2.45) is 5.92 Å². The Labute approximate surface area is 119 Å². The highest BCUT2D eigenvalue weighted by Gasteiger charge is 2.25. The first-order valence-corrected chi connectivity index (χ1v) is 7.45. The largest absolute Gasteiger partial charge is 0.370 e. The Morgan fingerprint density at radius 2 is 2.00 bits per heavy atom. The topological polar surface area (TPSA) is 39.1 Å². The number of hydrogen-bond donors (Lipinski definition) is 1. The number of anilines is 1. The summed E-state index contributed by atoms with van der Waals surface area (Å²) in [5.41, 5.74) is 0.921. The summed E-state index contributed by atoms with van der Waals surface area (Å²) >= 11 is 0. The van der Waals surface area contributed by atoms with E-state index in [9.17, 15) is 4.39 Å². The highest BCUT2D eigenvalue weighted by atomic mass is 19.1. The zero-order chi connectivity index (χ0) is 13.9. The molecule has 3 nitrogen and oxygen atoms in total. The fraction of sp³-hybridized carbons (Fsp3) is 0.562. The molecule has 0 aromatic heterocycles. The molecule has 0 amide bonds. The second-order valence-electron chi connectivity index (χ2n) is 5.86. The van der Waals surface area contributed by atoms with Gasteiger partial charge in [0.1, 0.15) is 17.4 Å². The van der Waals surface area contributed by atoms with Gasteiger partial charge in [-0.25, -0.2) is 4.39 Å². The second kappa shape index (κ2) is 5.80. The fourth-order valence-corrected chi connectivity index (χ4v) is 2.87. The van der Waals surface area contributed by atoms with Crippen molar-refractivity contribution < 1.29 is 4.39 Å². The maximum atomic E-state index is 13.6. The molecule has 1 heterocycles. The Hall–Kier alpha value is -1.60. The molecule has 106 valence electrons. The molecule has 2 fully saturated rings. The Kier molecular flexibility index (Phi) is 3.88. The van der Waals surface area contributed by atoms with Gasteiger partial charge in [-0.1, -0.05) is 6.07 Å². The van der Waals surface area contributed by atoms with Gasteiger partial charge in [-0.15, -0.1) is 0 Å². The van der Waals surface area contributed by atoms with Crippen LogP contribution in [0.5, 0.6) is 0 Å². The lowest BCUT2D eigenvalue weighted by molar-refractivity contribution is 0.408. The van der Waals surface area contributed by atoms with Crippen LogP contribution in [-0.4, -0.2) is 25.7 Å². The van der Waals surface area contributed by atoms with Gasteiger partial charge < -0.3 is 10.2 Å². The van der Waals surface area contributed by atoms with E-state index >= 15 is 0 Å². The molecule has 0 unspecified atom stereocenters. The first kappa shape index (κ1) is 13.4. The highest BCUT2D eigenvalue weighted by molar-refractivity contribution is 5.60. The standard InChI is InChI=1S/C16H20FN3/c17-15-2-1-3-16(14(15)10-18)20-8-6-13(7-9-20)19-11-12-4-5-12/h1-3,12-13,19H,4-9,11H2. The molecule has 1 N–H and O–H groups in total. The van der Waals surface area contributed by atoms with Crippen LogP contribution >= 0.6 is 0 Å². The predicted molar refractivity (Wildman–Crippen MR) is 77.1 cm³/mol. The number of halogens is 1. The lowest BCUT2D eigenvalue weighted by Crippen LogP contribution is -2.43. The number of nitrogens with zero attached hydrogens (tertiary/aromatic N) is 2. The van der Waals surface area contributed by atoms with Gasteiger partial charge >= 0.3 is 0 Å². The number of piperidine rings is 1. The molecule has 1 aromatic carbocycles. The zero-order valence-corrected chi connectivity index (χ0v) is 11.6. The van der Waals surface area contributed by atoms with Crippen molar-refractivity contribution in [3.63, 3.8) is 0 Å². The summed E-state index contributed by atoms with van der Waals surface area (Å²) in [5.74, 6) is 0.487. The molecular formula is C16H20FN3. The van der Waals surface area contributed by atoms with Gasteiger partial charge in [-0.3, -0.25) is 0 Å². The van der Waals surface area contributed by atoms with Gasteiger partial charge in [0.15, 0.2) is 0 Å². The first-order chi connectivity index (χ1) is 9.78. The Morgan fingerprint density at radius 1 is 1.25 bits per heavy atom. The van der Waals surface area contributed by atoms with Crippen molar-refractivity contribution in [2.75, 3.05) is 24.5 Å². The quantitative estimate of drug-likeness (QED) is 0.916. The molecule has 0 spiro atoms. The average Bonchev–Trinajstić information content (AvgIpc) is 3.30. The van der Waals surface area contributed by atoms with Crippen molar-refractivity contribution >= 4 is 5.69 Å². The molecule has 1 saturated carbocycles. The monoisotopic (exact) mass is 273 g/mol. The Morgan fingerprint density at radius 3 is 2.65 bits per heavy atom. The highest BCUT2D eigenvalue weighted by Crippen LogP contribution is 2.29. The van der Waals surface area contributed by atoms with Crippen molar-refractivity contribution in [1.29, 1.82) is 5.26 Å². The molecule has 0 atom stereocenters. The molecule has 1 saturated heterocycles. The van der Waals surface area contributed by atoms with Crippen molar-refractivity contribution in [3.05, 3.63) is 29.6 Å². The summed E-state index contributed by atoms with van der Waals surface area (Å²) in [4.78, 5) is 2.14. The number of hydrogen-bond acceptors (Lipinski definition) is 3. The third-order valence-corrected chi connectivity index (χ3v) is 4.33. The van der Waals surface area contributed by atoms with Crippen LogP contribution < -0.4 is 10.2 Å². The molecule has 0 radical (unpaired) electrons. The number of nitrogens with one attached hydrogen (secondary N) is 1. The zero-order valence-electron chi connectivity index (χ0n) is 11.6. The summed E-state index contributed by atoms with van der Waals surface area (Å²) in [5, 5.41) is 12.7. The van der Waals surface area contributed by atoms with Crippen molar-refractivity contribution in [2.45, 2.75) is 31.7 Å². The summed E-state index contributed by atoms with van der Waals surface area (Å²) in [6, 6.07) is 7.45. The van der Waals surface area contributed by atoms with Crippen LogP contribution in [0.25, 0.3) is 0 Å². The van der Waals surface area contributed by atoms with Gasteiger partial charge in [0.05, 0.1) is 5.69 Å². The van der Waals surface area contributed by atoms with E-state index in [1.165, 1.54) is 18.9 Å². The van der Waals surface area contributed by atoms with Crippen LogP contribution in [0.2, 0.25) is 0 Å². The smallest absolute Gasteiger partial charge is 0.143 e. The first-order valence-electron chi connectivity index (χ1n) is 7.45. The van der Waals surface area contributed by atoms with Gasteiger partial charge in [0, 0.05) is 19.1 Å². The molecule has 1 aliphatic heterocycles. The summed E-state index contributed by atoms with van der Waals surface area (Å²) in [6.07, 6.45) is 4.88. The van der Waals surface area contributed by atoms with Crippen molar-refractivity contribution in [3.8, 4) is 6.07 Å². The van der Waals surface area contributed by atoms with E-state index in [-0.39, 0.29) is 5.56 Å². The van der Waals surface area contributed by atoms with E-state index in [0.717, 1.165) is 44.1 Å². The molecular weight excluding hydrogens is 253 g/mol. The molecule has 0 bridgehead atoms. The minimum atomic E-state index is -0.418. The minimum absolute atomic E-state index is 0.178. The van der Waals surface area contributed by atoms with Gasteiger partial charge in [-0.2, -0.15) is 5.26 Å². The number of benzene rings is 1. The third-order valence-electron chi connectivity index (χ3n) is 4.33. The van der Waals surface area contributed by atoms with Gasteiger partial charge in [0.2, 0.25) is 0 Å². The van der Waals surface area contributed by atoms with Crippen molar-refractivity contribution in [1.82, 2.24) is 5.32 Å². The van der Waals surface area contributed by atoms with E-state index in [2.05, 4.69) is 10.2 Å². The minimum Gasteiger partial charge on any atom is -0.370 e. The SMILES string of the molecule is N#Cc1c(F)cccc1N1CCC(NCC2CC2)CC1. The third kappa shape index (κ3) is 2.94. The van der Waals surface area contributed by atoms with Gasteiger partial charge in [-0.05, 0) is 50.3 Å². The second-order valence-corrected chi connectivity index (χ2v) is 5.86. The number of nitriles is 1. The van der Waals surface area contributed by atoms with Crippen LogP contribution in [0, 0.1) is 23.1 Å². The van der Waals surface area contributed by atoms with Gasteiger partial charge in [0.25, 0.3) is 0 Å². The fourth-order valence-electron chi connectivity index (χ4n) is 2.87. The van der Waals surface area contributed by atoms with E-state index in [1.54, 1.807) is 6.07 Å². The summed E-state index contributed by atoms with van der Waals surface area (Å²) in [7, 11) is 0. The molecule has 3 rings (SSSR count). The average molecular weight is 273 g/mol. The van der Waals surface area contributed by atoms with Crippen LogP contribution in [0.3, 0.4) is 0 Å². The molecule has 4 heteroatoms. The molecule has 1 aliphatic carbocycles. The normalized spacial score (nSPS) is 19.9. The number of rotatable bonds is 4. The lowest BCUT2D eigenvalue weighted by Gasteiger charge is -2.34. The molecule has 1 aromatic rings. The Balaban J connectivity index is 1.60. The van der Waals surface area contributed by atoms with Crippen LogP contribution in [0.15, 0.2) is 18.2 Å². The van der Waals surface area contributed by atoms with Crippen LogP contribution in [0.1, 0.15) is 31.2 Å². The maximum absolute atomic E-state index is 13.6. The lowest BCUT2D eigenvalue weighted by atomic mass is 10.0. The summed E-state index contributed by atoms with van der Waals surface area (Å²) < 4.78 is 13.6. The van der Waals surface area contributed by atoms with Crippen LogP contribution in [-0.2, 0) is 0 Å². The van der Waals surface area contributed by atoms with E-state index in [0.29, 0.717) is 6.04 Å². The summed E-state index contributed by atoms with van der Waals surface area (Å²) in [6.45, 7) is 2.93. The van der Waals surface area contributed by atoms with Crippen LogP contribution in [0.4, 0.5) is 10.1 Å². The molecule has 2 aliphatic rings. The van der Waals surface area contributed by atoms with E-state index < -0.39 is 5.82 Å². The molecule has 20 heavy (non-hydrogen) atoms. The Bertz CT molecular complexity index is 511. The predicted octanol–water partition coefficient (Wildman–Crippen LogP) is 2.67. The van der Waals surface area contributed by atoms with E-state index in [4.69, 9.17) is 5.26 Å². The van der Waals surface area contributed by atoms with E-state index in [1.807, 2.05) is 12.1 Å².